The Morgan fingerprint density at radius 2 is 2.36 bits per heavy atom. The maximum atomic E-state index is 11.9. The van der Waals surface area contributed by atoms with Crippen LogP contribution in [-0.2, 0) is 0 Å². The molecule has 1 heterocycles. The van der Waals surface area contributed by atoms with Crippen molar-refractivity contribution in [3.05, 3.63) is 0 Å². The van der Waals surface area contributed by atoms with Gasteiger partial charge in [0, 0.05) is 26.2 Å². The first kappa shape index (κ1) is 11.3. The van der Waals surface area contributed by atoms with E-state index in [9.17, 15) is 4.79 Å². The third kappa shape index (κ3) is 2.61. The summed E-state index contributed by atoms with van der Waals surface area (Å²) in [4.78, 5) is 15.6. The molecule has 1 atom stereocenters. The number of likely N-dealkylation sites (tertiary alicyclic amines) is 1. The van der Waals surface area contributed by atoms with E-state index in [0.29, 0.717) is 12.6 Å². The zero-order valence-corrected chi connectivity index (χ0v) is 9.20. The normalized spacial score (nSPS) is 21.4. The van der Waals surface area contributed by atoms with Crippen molar-refractivity contribution in [2.24, 2.45) is 5.73 Å². The van der Waals surface area contributed by atoms with E-state index in [0.717, 1.165) is 32.4 Å². The molecule has 1 saturated heterocycles. The summed E-state index contributed by atoms with van der Waals surface area (Å²) in [5.41, 5.74) is 5.41. The minimum Gasteiger partial charge on any atom is -0.330 e. The summed E-state index contributed by atoms with van der Waals surface area (Å²) in [6, 6.07) is 0.561. The van der Waals surface area contributed by atoms with Crippen LogP contribution in [0.4, 0.5) is 4.79 Å². The van der Waals surface area contributed by atoms with Gasteiger partial charge in [-0.1, -0.05) is 0 Å². The Hall–Kier alpha value is -0.770. The number of carbonyl (C=O) groups is 1. The van der Waals surface area contributed by atoms with Gasteiger partial charge in [-0.3, -0.25) is 0 Å². The van der Waals surface area contributed by atoms with E-state index < -0.39 is 0 Å². The lowest BCUT2D eigenvalue weighted by molar-refractivity contribution is 0.160. The van der Waals surface area contributed by atoms with Crippen LogP contribution in [0.25, 0.3) is 0 Å². The van der Waals surface area contributed by atoms with E-state index in [1.807, 2.05) is 11.9 Å². The minimum absolute atomic E-state index is 0.156. The van der Waals surface area contributed by atoms with Crippen LogP contribution in [-0.4, -0.2) is 48.6 Å². The second kappa shape index (κ2) is 5.20. The van der Waals surface area contributed by atoms with Crippen molar-refractivity contribution < 1.29 is 4.79 Å². The molecule has 0 radical (unpaired) electrons. The average Bonchev–Trinajstić information content (AvgIpc) is 2.59. The third-order valence-corrected chi connectivity index (χ3v) is 2.82. The number of hydrogen-bond acceptors (Lipinski definition) is 2. The molecule has 0 bridgehead atoms. The van der Waals surface area contributed by atoms with Crippen molar-refractivity contribution in [3.63, 3.8) is 0 Å². The SMILES string of the molecule is CC1CCCN1C(=O)N(C)CCCN. The Labute approximate surface area is 86.0 Å². The number of carbonyl (C=O) groups excluding carboxylic acids is 1. The molecule has 14 heavy (non-hydrogen) atoms. The molecular formula is C10H21N3O. The van der Waals surface area contributed by atoms with Gasteiger partial charge in [-0.2, -0.15) is 0 Å². The van der Waals surface area contributed by atoms with E-state index in [2.05, 4.69) is 6.92 Å². The predicted molar refractivity (Wildman–Crippen MR) is 57.1 cm³/mol. The topological polar surface area (TPSA) is 49.6 Å². The van der Waals surface area contributed by atoms with E-state index in [4.69, 9.17) is 5.73 Å². The van der Waals surface area contributed by atoms with Crippen molar-refractivity contribution in [1.82, 2.24) is 9.80 Å². The van der Waals surface area contributed by atoms with E-state index >= 15 is 0 Å². The number of hydrogen-bond donors (Lipinski definition) is 1. The molecule has 1 aliphatic heterocycles. The van der Waals surface area contributed by atoms with Gasteiger partial charge in [0.2, 0.25) is 0 Å². The van der Waals surface area contributed by atoms with Gasteiger partial charge in [-0.25, -0.2) is 4.79 Å². The van der Waals surface area contributed by atoms with E-state index in [1.54, 1.807) is 4.90 Å². The van der Waals surface area contributed by atoms with Crippen LogP contribution in [0.3, 0.4) is 0 Å². The van der Waals surface area contributed by atoms with Gasteiger partial charge in [0.05, 0.1) is 0 Å². The van der Waals surface area contributed by atoms with Crippen molar-refractivity contribution >= 4 is 6.03 Å². The minimum atomic E-state index is 0.156. The Bertz CT molecular complexity index is 196. The fourth-order valence-corrected chi connectivity index (χ4v) is 1.86. The third-order valence-electron chi connectivity index (χ3n) is 2.82. The van der Waals surface area contributed by atoms with Gasteiger partial charge >= 0.3 is 6.03 Å². The summed E-state index contributed by atoms with van der Waals surface area (Å²) in [7, 11) is 1.85. The second-order valence-electron chi connectivity index (χ2n) is 4.03. The van der Waals surface area contributed by atoms with E-state index in [1.165, 1.54) is 0 Å². The van der Waals surface area contributed by atoms with Gasteiger partial charge in [0.15, 0.2) is 0 Å². The Balaban J connectivity index is 2.39. The largest absolute Gasteiger partial charge is 0.330 e. The molecule has 0 saturated carbocycles. The molecule has 0 aliphatic carbocycles. The second-order valence-corrected chi connectivity index (χ2v) is 4.03. The summed E-state index contributed by atoms with van der Waals surface area (Å²) in [6.45, 7) is 4.43. The summed E-state index contributed by atoms with van der Waals surface area (Å²) in [5.74, 6) is 0. The molecule has 1 fully saturated rings. The van der Waals surface area contributed by atoms with Crippen molar-refractivity contribution in [3.8, 4) is 0 Å². The quantitative estimate of drug-likeness (QED) is 0.733. The molecule has 4 nitrogen and oxygen atoms in total. The average molecular weight is 199 g/mol. The lowest BCUT2D eigenvalue weighted by Crippen LogP contribution is -2.43. The molecule has 2 N–H and O–H groups in total. The first-order valence-corrected chi connectivity index (χ1v) is 5.38. The van der Waals surface area contributed by atoms with Gasteiger partial charge < -0.3 is 15.5 Å². The highest BCUT2D eigenvalue weighted by molar-refractivity contribution is 5.74. The van der Waals surface area contributed by atoms with Gasteiger partial charge in [0.1, 0.15) is 0 Å². The number of rotatable bonds is 3. The van der Waals surface area contributed by atoms with E-state index in [-0.39, 0.29) is 6.03 Å². The fourth-order valence-electron chi connectivity index (χ4n) is 1.86. The van der Waals surface area contributed by atoms with Gasteiger partial charge in [-0.05, 0) is 32.7 Å². The Morgan fingerprint density at radius 3 is 2.86 bits per heavy atom. The Kier molecular flexibility index (Phi) is 4.20. The lowest BCUT2D eigenvalue weighted by Gasteiger charge is -2.27. The summed E-state index contributed by atoms with van der Waals surface area (Å²) in [5, 5.41) is 0. The molecule has 4 heteroatoms. The highest BCUT2D eigenvalue weighted by atomic mass is 16.2. The van der Waals surface area contributed by atoms with Gasteiger partial charge in [-0.15, -0.1) is 0 Å². The molecule has 0 aromatic rings. The lowest BCUT2D eigenvalue weighted by atomic mass is 10.2. The molecule has 0 spiro atoms. The fraction of sp³-hybridized carbons (Fsp3) is 0.900. The number of nitrogens with zero attached hydrogens (tertiary/aromatic N) is 2. The van der Waals surface area contributed by atoms with Crippen LogP contribution >= 0.6 is 0 Å². The zero-order valence-electron chi connectivity index (χ0n) is 9.20. The smallest absolute Gasteiger partial charge is 0.319 e. The summed E-state index contributed by atoms with van der Waals surface area (Å²) >= 11 is 0. The molecule has 1 aliphatic rings. The molecular weight excluding hydrogens is 178 g/mol. The van der Waals surface area contributed by atoms with Crippen molar-refractivity contribution in [1.29, 1.82) is 0 Å². The van der Waals surface area contributed by atoms with Crippen molar-refractivity contribution in [2.75, 3.05) is 26.7 Å². The molecule has 82 valence electrons. The summed E-state index contributed by atoms with van der Waals surface area (Å²) < 4.78 is 0. The van der Waals surface area contributed by atoms with Crippen LogP contribution in [0, 0.1) is 0 Å². The molecule has 0 aromatic heterocycles. The number of nitrogens with two attached hydrogens (primary N) is 1. The maximum absolute atomic E-state index is 11.9. The monoisotopic (exact) mass is 199 g/mol. The van der Waals surface area contributed by atoms with Crippen molar-refractivity contribution in [2.45, 2.75) is 32.2 Å². The molecule has 2 amide bonds. The molecule has 1 rings (SSSR count). The van der Waals surface area contributed by atoms with Crippen LogP contribution in [0.5, 0.6) is 0 Å². The molecule has 1 unspecified atom stereocenters. The highest BCUT2D eigenvalue weighted by Gasteiger charge is 2.26. The van der Waals surface area contributed by atoms with Crippen LogP contribution < -0.4 is 5.73 Å². The highest BCUT2D eigenvalue weighted by Crippen LogP contribution is 2.17. The zero-order chi connectivity index (χ0) is 10.6. The molecule has 0 aromatic carbocycles. The first-order chi connectivity index (χ1) is 6.66. The Morgan fingerprint density at radius 1 is 1.64 bits per heavy atom. The van der Waals surface area contributed by atoms with Crippen LogP contribution in [0.1, 0.15) is 26.2 Å². The summed E-state index contributed by atoms with van der Waals surface area (Å²) in [6.07, 6.45) is 3.15. The van der Waals surface area contributed by atoms with Crippen LogP contribution in [0.15, 0.2) is 0 Å². The van der Waals surface area contributed by atoms with Crippen LogP contribution in [0.2, 0.25) is 0 Å². The first-order valence-electron chi connectivity index (χ1n) is 5.38. The van der Waals surface area contributed by atoms with Gasteiger partial charge in [0.25, 0.3) is 0 Å². The maximum Gasteiger partial charge on any atom is 0.319 e. The standard InChI is InChI=1S/C10H21N3O/c1-9-5-3-8-13(9)10(14)12(2)7-4-6-11/h9H,3-8,11H2,1-2H3. The number of amides is 2. The predicted octanol–water partition coefficient (Wildman–Crippen LogP) is 0.871. The number of urea groups is 1.